The molecule has 0 aliphatic heterocycles. The molecule has 0 saturated heterocycles. The van der Waals surface area contributed by atoms with Gasteiger partial charge in [0.1, 0.15) is 0 Å². The largest absolute Gasteiger partial charge is 0.253 e. The van der Waals surface area contributed by atoms with Gasteiger partial charge in [-0.05, 0) is 13.0 Å². The molecule has 112 valence electrons. The summed E-state index contributed by atoms with van der Waals surface area (Å²) in [6, 6.07) is 19.6. The van der Waals surface area contributed by atoms with Gasteiger partial charge in [0, 0.05) is 16.8 Å². The average Bonchev–Trinajstić information content (AvgIpc) is 2.63. The molecule has 0 spiro atoms. The molecule has 0 bridgehead atoms. The molecule has 1 heterocycles. The van der Waals surface area contributed by atoms with E-state index in [0.717, 1.165) is 16.8 Å². The average molecular weight is 300 g/mol. The van der Waals surface area contributed by atoms with Gasteiger partial charge in [-0.3, -0.25) is 0 Å². The van der Waals surface area contributed by atoms with E-state index in [9.17, 15) is 0 Å². The summed E-state index contributed by atoms with van der Waals surface area (Å²) in [5, 5.41) is 0. The van der Waals surface area contributed by atoms with E-state index in [4.69, 9.17) is 0 Å². The van der Waals surface area contributed by atoms with Crippen LogP contribution in [0, 0.1) is 0 Å². The summed E-state index contributed by atoms with van der Waals surface area (Å²) in [4.78, 5) is 17.9. The molecular weight excluding hydrogens is 284 g/mol. The highest BCUT2D eigenvalue weighted by Crippen LogP contribution is 2.22. The molecule has 0 aliphatic rings. The van der Waals surface area contributed by atoms with Crippen LogP contribution >= 0.6 is 0 Å². The molecular formula is C19H16N4. The standard InChI is InChI=1S/C19H16N4/c1-3-14(2)20-19-22-17(15-10-6-4-7-11-15)21-18(23-19)16-12-8-5-9-13-16/h3-13H,1H2,2H3. The highest BCUT2D eigenvalue weighted by Gasteiger charge is 2.09. The minimum atomic E-state index is 0.384. The van der Waals surface area contributed by atoms with Crippen molar-refractivity contribution in [3.05, 3.63) is 73.3 Å². The number of aliphatic imine (C=N–C) groups is 1. The molecule has 1 aromatic heterocycles. The number of benzene rings is 2. The maximum atomic E-state index is 4.59. The SMILES string of the molecule is C=CC(C)=Nc1nc(-c2ccccc2)nc(-c2ccccc2)n1. The predicted molar refractivity (Wildman–Crippen MR) is 93.7 cm³/mol. The molecule has 0 N–H and O–H groups in total. The molecule has 0 fully saturated rings. The van der Waals surface area contributed by atoms with Crippen LogP contribution in [0.4, 0.5) is 5.95 Å². The van der Waals surface area contributed by atoms with Crippen molar-refractivity contribution in [3.63, 3.8) is 0 Å². The zero-order valence-corrected chi connectivity index (χ0v) is 12.8. The van der Waals surface area contributed by atoms with Crippen LogP contribution in [0.25, 0.3) is 22.8 Å². The smallest absolute Gasteiger partial charge is 0.216 e. The Kier molecular flexibility index (Phi) is 4.34. The summed E-state index contributed by atoms with van der Waals surface area (Å²) in [7, 11) is 0. The number of rotatable bonds is 4. The summed E-state index contributed by atoms with van der Waals surface area (Å²) < 4.78 is 0. The topological polar surface area (TPSA) is 51.0 Å². The Hall–Kier alpha value is -3.14. The van der Waals surface area contributed by atoms with Crippen molar-refractivity contribution in [2.75, 3.05) is 0 Å². The van der Waals surface area contributed by atoms with Crippen molar-refractivity contribution in [3.8, 4) is 22.8 Å². The molecule has 0 radical (unpaired) electrons. The minimum Gasteiger partial charge on any atom is -0.216 e. The second-order valence-corrected chi connectivity index (χ2v) is 4.97. The third-order valence-electron chi connectivity index (χ3n) is 3.26. The lowest BCUT2D eigenvalue weighted by molar-refractivity contribution is 1.05. The van der Waals surface area contributed by atoms with Crippen LogP contribution in [0.3, 0.4) is 0 Å². The van der Waals surface area contributed by atoms with Crippen molar-refractivity contribution in [1.29, 1.82) is 0 Å². The van der Waals surface area contributed by atoms with Crippen LogP contribution in [0.2, 0.25) is 0 Å². The molecule has 0 amide bonds. The van der Waals surface area contributed by atoms with Gasteiger partial charge >= 0.3 is 0 Å². The Balaban J connectivity index is 2.17. The number of aromatic nitrogens is 3. The van der Waals surface area contributed by atoms with E-state index in [0.29, 0.717) is 17.6 Å². The molecule has 0 unspecified atom stereocenters. The van der Waals surface area contributed by atoms with Gasteiger partial charge in [0.15, 0.2) is 11.6 Å². The summed E-state index contributed by atoms with van der Waals surface area (Å²) in [6.45, 7) is 5.58. The third-order valence-corrected chi connectivity index (χ3v) is 3.26. The molecule has 23 heavy (non-hydrogen) atoms. The molecule has 0 aliphatic carbocycles. The van der Waals surface area contributed by atoms with E-state index in [1.807, 2.05) is 67.6 Å². The van der Waals surface area contributed by atoms with Crippen molar-refractivity contribution >= 4 is 11.7 Å². The second-order valence-electron chi connectivity index (χ2n) is 4.97. The first-order valence-electron chi connectivity index (χ1n) is 7.31. The fourth-order valence-electron chi connectivity index (χ4n) is 2.05. The highest BCUT2D eigenvalue weighted by molar-refractivity contribution is 5.93. The van der Waals surface area contributed by atoms with E-state index < -0.39 is 0 Å². The van der Waals surface area contributed by atoms with Gasteiger partial charge in [-0.25, -0.2) is 9.98 Å². The van der Waals surface area contributed by atoms with Gasteiger partial charge in [0.2, 0.25) is 0 Å². The first-order valence-corrected chi connectivity index (χ1v) is 7.31. The number of nitrogens with zero attached hydrogens (tertiary/aromatic N) is 4. The number of hydrogen-bond donors (Lipinski definition) is 0. The number of allylic oxidation sites excluding steroid dienone is 1. The van der Waals surface area contributed by atoms with Crippen LogP contribution in [0.15, 0.2) is 78.3 Å². The Bertz CT molecular complexity index is 782. The highest BCUT2D eigenvalue weighted by atomic mass is 15.1. The molecule has 4 nitrogen and oxygen atoms in total. The third kappa shape index (κ3) is 3.55. The van der Waals surface area contributed by atoms with Gasteiger partial charge in [0.05, 0.1) is 0 Å². The quantitative estimate of drug-likeness (QED) is 0.667. The Morgan fingerprint density at radius 3 is 1.74 bits per heavy atom. The number of hydrogen-bond acceptors (Lipinski definition) is 4. The van der Waals surface area contributed by atoms with Gasteiger partial charge < -0.3 is 0 Å². The Labute approximate surface area is 135 Å². The molecule has 4 heteroatoms. The van der Waals surface area contributed by atoms with Crippen LogP contribution < -0.4 is 0 Å². The van der Waals surface area contributed by atoms with Gasteiger partial charge in [-0.1, -0.05) is 67.2 Å². The summed E-state index contributed by atoms with van der Waals surface area (Å²) in [6.07, 6.45) is 1.67. The minimum absolute atomic E-state index is 0.384. The van der Waals surface area contributed by atoms with E-state index in [2.05, 4.69) is 26.5 Å². The van der Waals surface area contributed by atoms with Crippen molar-refractivity contribution < 1.29 is 0 Å². The molecule has 0 saturated carbocycles. The fraction of sp³-hybridized carbons (Fsp3) is 0.0526. The maximum absolute atomic E-state index is 4.59. The van der Waals surface area contributed by atoms with Crippen molar-refractivity contribution in [2.45, 2.75) is 6.92 Å². The summed E-state index contributed by atoms with van der Waals surface area (Å²) in [5.41, 5.74) is 2.62. The van der Waals surface area contributed by atoms with Gasteiger partial charge in [-0.15, -0.1) is 0 Å². The Morgan fingerprint density at radius 2 is 1.30 bits per heavy atom. The van der Waals surface area contributed by atoms with Gasteiger partial charge in [0.25, 0.3) is 5.95 Å². The van der Waals surface area contributed by atoms with E-state index >= 15 is 0 Å². The van der Waals surface area contributed by atoms with E-state index in [1.165, 1.54) is 0 Å². The molecule has 3 aromatic rings. The van der Waals surface area contributed by atoms with E-state index in [1.54, 1.807) is 6.08 Å². The second kappa shape index (κ2) is 6.75. The summed E-state index contributed by atoms with van der Waals surface area (Å²) in [5.74, 6) is 1.60. The van der Waals surface area contributed by atoms with Crippen molar-refractivity contribution in [2.24, 2.45) is 4.99 Å². The van der Waals surface area contributed by atoms with E-state index in [-0.39, 0.29) is 0 Å². The lowest BCUT2D eigenvalue weighted by Gasteiger charge is -2.05. The predicted octanol–water partition coefficient (Wildman–Crippen LogP) is 4.48. The normalized spacial score (nSPS) is 11.3. The molecule has 2 aromatic carbocycles. The lowest BCUT2D eigenvalue weighted by atomic mass is 10.2. The zero-order valence-electron chi connectivity index (χ0n) is 12.8. The lowest BCUT2D eigenvalue weighted by Crippen LogP contribution is -1.97. The fourth-order valence-corrected chi connectivity index (χ4v) is 2.05. The first-order chi connectivity index (χ1) is 11.3. The summed E-state index contributed by atoms with van der Waals surface area (Å²) >= 11 is 0. The maximum Gasteiger partial charge on any atom is 0.253 e. The van der Waals surface area contributed by atoms with Crippen molar-refractivity contribution in [1.82, 2.24) is 15.0 Å². The zero-order chi connectivity index (χ0) is 16.1. The van der Waals surface area contributed by atoms with Crippen LogP contribution in [0.5, 0.6) is 0 Å². The van der Waals surface area contributed by atoms with Gasteiger partial charge in [-0.2, -0.15) is 9.97 Å². The Morgan fingerprint density at radius 1 is 0.826 bits per heavy atom. The molecule has 0 atom stereocenters. The molecule has 3 rings (SSSR count). The van der Waals surface area contributed by atoms with Crippen LogP contribution in [0.1, 0.15) is 6.92 Å². The van der Waals surface area contributed by atoms with Crippen LogP contribution in [-0.4, -0.2) is 20.7 Å². The van der Waals surface area contributed by atoms with Crippen LogP contribution in [-0.2, 0) is 0 Å². The first kappa shape index (κ1) is 14.8. The monoisotopic (exact) mass is 300 g/mol.